The molecule has 1 aliphatic heterocycles. The number of aliphatic hydroxyl groups excluding tert-OH is 1. The third-order valence-electron chi connectivity index (χ3n) is 1.89. The summed E-state index contributed by atoms with van der Waals surface area (Å²) in [6.45, 7) is 0.318. The average Bonchev–Trinajstić information content (AvgIpc) is 2.12. The Bertz CT molecular complexity index is 234. The molecule has 0 aromatic carbocycles. The quantitative estimate of drug-likeness (QED) is 0.524. The summed E-state index contributed by atoms with van der Waals surface area (Å²) in [6.07, 6.45) is 0. The number of nitrogens with zero attached hydrogens (tertiary/aromatic N) is 1. The lowest BCUT2D eigenvalue weighted by atomic mass is 10.1. The number of carbonyl (C=O) groups is 2. The maximum atomic E-state index is 11.2. The van der Waals surface area contributed by atoms with Gasteiger partial charge < -0.3 is 14.9 Å². The summed E-state index contributed by atoms with van der Waals surface area (Å²) < 4.78 is 4.69. The summed E-state index contributed by atoms with van der Waals surface area (Å²) in [5.74, 6) is -0.982. The summed E-state index contributed by atoms with van der Waals surface area (Å²) in [6, 6.07) is 0. The Morgan fingerprint density at radius 3 is 2.36 bits per heavy atom. The number of amides is 2. The zero-order valence-corrected chi connectivity index (χ0v) is 7.89. The van der Waals surface area contributed by atoms with E-state index in [9.17, 15) is 14.7 Å². The first-order chi connectivity index (χ1) is 6.46. The van der Waals surface area contributed by atoms with Crippen molar-refractivity contribution in [1.29, 1.82) is 0 Å². The van der Waals surface area contributed by atoms with Gasteiger partial charge in [-0.05, 0) is 6.92 Å². The van der Waals surface area contributed by atoms with Gasteiger partial charge in [0.2, 0.25) is 0 Å². The van der Waals surface area contributed by atoms with Gasteiger partial charge in [-0.2, -0.15) is 0 Å². The molecule has 1 unspecified atom stereocenters. The van der Waals surface area contributed by atoms with E-state index in [0.29, 0.717) is 0 Å². The Hall–Kier alpha value is -0.980. The van der Waals surface area contributed by atoms with Crippen LogP contribution in [0.5, 0.6) is 0 Å². The van der Waals surface area contributed by atoms with E-state index < -0.39 is 24.0 Å². The number of aliphatic hydroxyl groups is 2. The molecule has 0 aromatic rings. The fourth-order valence-electron chi connectivity index (χ4n) is 1.09. The molecule has 2 N–H and O–H groups in total. The molecular weight excluding hydrogens is 190 g/mol. The van der Waals surface area contributed by atoms with Crippen LogP contribution in [0.2, 0.25) is 0 Å². The SMILES string of the molecule is CC(O)(CO)CN1C(=O)COCC1=O. The van der Waals surface area contributed by atoms with Crippen LogP contribution in [0.1, 0.15) is 6.92 Å². The van der Waals surface area contributed by atoms with Crippen molar-refractivity contribution in [2.24, 2.45) is 0 Å². The van der Waals surface area contributed by atoms with E-state index in [1.54, 1.807) is 0 Å². The minimum atomic E-state index is -1.46. The fraction of sp³-hybridized carbons (Fsp3) is 0.750. The lowest BCUT2D eigenvalue weighted by Gasteiger charge is -2.31. The first-order valence-corrected chi connectivity index (χ1v) is 4.20. The Morgan fingerprint density at radius 2 is 1.93 bits per heavy atom. The third-order valence-corrected chi connectivity index (χ3v) is 1.89. The molecule has 80 valence electrons. The van der Waals surface area contributed by atoms with Gasteiger partial charge in [-0.3, -0.25) is 14.5 Å². The second-order valence-corrected chi connectivity index (χ2v) is 3.52. The van der Waals surface area contributed by atoms with Crippen LogP contribution in [0.4, 0.5) is 0 Å². The highest BCUT2D eigenvalue weighted by atomic mass is 16.5. The molecule has 1 aliphatic rings. The Kier molecular flexibility index (Phi) is 3.20. The number of hydrogen-bond acceptors (Lipinski definition) is 5. The molecule has 1 atom stereocenters. The molecule has 6 nitrogen and oxygen atoms in total. The highest BCUT2D eigenvalue weighted by Crippen LogP contribution is 2.09. The van der Waals surface area contributed by atoms with Crippen LogP contribution >= 0.6 is 0 Å². The number of rotatable bonds is 3. The van der Waals surface area contributed by atoms with E-state index in [1.807, 2.05) is 0 Å². The van der Waals surface area contributed by atoms with Gasteiger partial charge in [-0.25, -0.2) is 0 Å². The molecule has 0 aliphatic carbocycles. The topological polar surface area (TPSA) is 87.1 Å². The van der Waals surface area contributed by atoms with E-state index in [4.69, 9.17) is 5.11 Å². The highest BCUT2D eigenvalue weighted by Gasteiger charge is 2.32. The predicted molar refractivity (Wildman–Crippen MR) is 45.2 cm³/mol. The standard InChI is InChI=1S/C8H13NO5/c1-8(13,5-10)4-9-6(11)2-14-3-7(9)12/h10,13H,2-5H2,1H3. The molecule has 0 radical (unpaired) electrons. The second-order valence-electron chi connectivity index (χ2n) is 3.52. The van der Waals surface area contributed by atoms with Crippen LogP contribution in [0.25, 0.3) is 0 Å². The smallest absolute Gasteiger partial charge is 0.255 e. The average molecular weight is 203 g/mol. The van der Waals surface area contributed by atoms with Crippen molar-refractivity contribution in [3.05, 3.63) is 0 Å². The molecule has 0 aromatic heterocycles. The summed E-state index contributed by atoms with van der Waals surface area (Å²) in [5, 5.41) is 18.2. The number of carbonyl (C=O) groups excluding carboxylic acids is 2. The lowest BCUT2D eigenvalue weighted by molar-refractivity contribution is -0.163. The zero-order valence-electron chi connectivity index (χ0n) is 7.89. The van der Waals surface area contributed by atoms with E-state index in [2.05, 4.69) is 4.74 Å². The van der Waals surface area contributed by atoms with Gasteiger partial charge in [-0.1, -0.05) is 0 Å². The van der Waals surface area contributed by atoms with Gasteiger partial charge >= 0.3 is 0 Å². The fourth-order valence-corrected chi connectivity index (χ4v) is 1.09. The molecule has 0 bridgehead atoms. The van der Waals surface area contributed by atoms with E-state index >= 15 is 0 Å². The van der Waals surface area contributed by atoms with Crippen LogP contribution < -0.4 is 0 Å². The monoisotopic (exact) mass is 203 g/mol. The summed E-state index contributed by atoms with van der Waals surface area (Å²) in [4.78, 5) is 23.3. The maximum absolute atomic E-state index is 11.2. The van der Waals surface area contributed by atoms with E-state index in [1.165, 1.54) is 6.92 Å². The van der Waals surface area contributed by atoms with Crippen molar-refractivity contribution in [1.82, 2.24) is 4.90 Å². The van der Waals surface area contributed by atoms with E-state index in [-0.39, 0.29) is 19.8 Å². The molecule has 1 heterocycles. The van der Waals surface area contributed by atoms with Crippen molar-refractivity contribution in [3.8, 4) is 0 Å². The molecule has 1 saturated heterocycles. The van der Waals surface area contributed by atoms with Crippen molar-refractivity contribution >= 4 is 11.8 Å². The highest BCUT2D eigenvalue weighted by molar-refractivity contribution is 5.98. The van der Waals surface area contributed by atoms with E-state index in [0.717, 1.165) is 4.90 Å². The van der Waals surface area contributed by atoms with Crippen molar-refractivity contribution < 1.29 is 24.5 Å². The zero-order chi connectivity index (χ0) is 10.8. The predicted octanol–water partition coefficient (Wildman–Crippen LogP) is -1.88. The van der Waals surface area contributed by atoms with Crippen LogP contribution in [-0.2, 0) is 14.3 Å². The number of ether oxygens (including phenoxy) is 1. The van der Waals surface area contributed by atoms with Crippen LogP contribution in [0.15, 0.2) is 0 Å². The molecule has 0 saturated carbocycles. The first kappa shape index (κ1) is 11.1. The largest absolute Gasteiger partial charge is 0.393 e. The molecule has 1 fully saturated rings. The molecule has 14 heavy (non-hydrogen) atoms. The van der Waals surface area contributed by atoms with Crippen molar-refractivity contribution in [2.45, 2.75) is 12.5 Å². The Morgan fingerprint density at radius 1 is 1.43 bits per heavy atom. The summed E-state index contributed by atoms with van der Waals surface area (Å²) >= 11 is 0. The van der Waals surface area contributed by atoms with Gasteiger partial charge in [0.1, 0.15) is 18.8 Å². The first-order valence-electron chi connectivity index (χ1n) is 4.20. The molecule has 1 rings (SSSR count). The molecular formula is C8H13NO5. The molecule has 0 spiro atoms. The third kappa shape index (κ3) is 2.50. The Labute approximate surface area is 81.1 Å². The van der Waals surface area contributed by atoms with Crippen molar-refractivity contribution in [2.75, 3.05) is 26.4 Å². The number of imide groups is 1. The van der Waals surface area contributed by atoms with Gasteiger partial charge in [-0.15, -0.1) is 0 Å². The Balaban J connectivity index is 2.65. The van der Waals surface area contributed by atoms with Crippen LogP contribution in [0.3, 0.4) is 0 Å². The maximum Gasteiger partial charge on any atom is 0.255 e. The minimum Gasteiger partial charge on any atom is -0.393 e. The minimum absolute atomic E-state index is 0.159. The normalized spacial score (nSPS) is 22.4. The number of hydrogen-bond donors (Lipinski definition) is 2. The van der Waals surface area contributed by atoms with Gasteiger partial charge in [0, 0.05) is 0 Å². The number of morpholine rings is 1. The van der Waals surface area contributed by atoms with Crippen LogP contribution in [0, 0.1) is 0 Å². The molecule has 2 amide bonds. The van der Waals surface area contributed by atoms with Crippen LogP contribution in [-0.4, -0.2) is 58.9 Å². The van der Waals surface area contributed by atoms with Gasteiger partial charge in [0.15, 0.2) is 0 Å². The second kappa shape index (κ2) is 4.04. The van der Waals surface area contributed by atoms with Crippen molar-refractivity contribution in [3.63, 3.8) is 0 Å². The summed E-state index contributed by atoms with van der Waals surface area (Å²) in [7, 11) is 0. The molecule has 6 heteroatoms. The lowest BCUT2D eigenvalue weighted by Crippen LogP contribution is -2.53. The van der Waals surface area contributed by atoms with Gasteiger partial charge in [0.05, 0.1) is 13.2 Å². The summed E-state index contributed by atoms with van der Waals surface area (Å²) in [5.41, 5.74) is -1.46. The van der Waals surface area contributed by atoms with Gasteiger partial charge in [0.25, 0.3) is 11.8 Å². The number of β-amino-alcohol motifs (C(OH)–C–C–N with tert-alkyl or cyclic N) is 1.